The van der Waals surface area contributed by atoms with Gasteiger partial charge in [0.15, 0.2) is 0 Å². The highest BCUT2D eigenvalue weighted by Crippen LogP contribution is 2.39. The standard InChI is InChI=1S/C17H23N3O2/c1-17(13-18,14-8-9-14)19-16(21)12-20(2)10-11-22-15-6-4-3-5-7-15/h3-7,14H,8-12H2,1-2H3,(H,19,21)/t17-/m0/s1. The Morgan fingerprint density at radius 1 is 1.45 bits per heavy atom. The lowest BCUT2D eigenvalue weighted by molar-refractivity contribution is -0.123. The maximum atomic E-state index is 12.0. The van der Waals surface area contributed by atoms with E-state index in [1.807, 2.05) is 42.3 Å². The van der Waals surface area contributed by atoms with E-state index in [1.54, 1.807) is 6.92 Å². The number of rotatable bonds is 8. The monoisotopic (exact) mass is 301 g/mol. The average molecular weight is 301 g/mol. The molecule has 1 aliphatic carbocycles. The minimum atomic E-state index is -0.724. The number of hydrogen-bond acceptors (Lipinski definition) is 4. The van der Waals surface area contributed by atoms with Gasteiger partial charge in [0, 0.05) is 6.54 Å². The van der Waals surface area contributed by atoms with Crippen LogP contribution < -0.4 is 10.1 Å². The Morgan fingerprint density at radius 3 is 2.73 bits per heavy atom. The van der Waals surface area contributed by atoms with Gasteiger partial charge in [-0.15, -0.1) is 0 Å². The fourth-order valence-corrected chi connectivity index (χ4v) is 2.37. The molecule has 1 aromatic carbocycles. The minimum absolute atomic E-state index is 0.113. The molecule has 1 fully saturated rings. The molecular formula is C17H23N3O2. The Balaban J connectivity index is 1.69. The Morgan fingerprint density at radius 2 is 2.14 bits per heavy atom. The highest BCUT2D eigenvalue weighted by molar-refractivity contribution is 5.79. The van der Waals surface area contributed by atoms with Gasteiger partial charge in [0.2, 0.25) is 5.91 Å². The molecule has 0 radical (unpaired) electrons. The van der Waals surface area contributed by atoms with Crippen LogP contribution in [0.25, 0.3) is 0 Å². The first kappa shape index (κ1) is 16.3. The number of carbonyl (C=O) groups excluding carboxylic acids is 1. The number of para-hydroxylation sites is 1. The number of benzene rings is 1. The van der Waals surface area contributed by atoms with Crippen molar-refractivity contribution in [2.45, 2.75) is 25.3 Å². The van der Waals surface area contributed by atoms with E-state index in [0.717, 1.165) is 18.6 Å². The Kier molecular flexibility index (Phi) is 5.40. The number of nitrogens with zero attached hydrogens (tertiary/aromatic N) is 2. The highest BCUT2D eigenvalue weighted by Gasteiger charge is 2.42. The van der Waals surface area contributed by atoms with Gasteiger partial charge in [-0.1, -0.05) is 18.2 Å². The van der Waals surface area contributed by atoms with Crippen LogP contribution in [0.3, 0.4) is 0 Å². The molecule has 0 bridgehead atoms. The number of carbonyl (C=O) groups is 1. The second-order valence-electron chi connectivity index (χ2n) is 6.04. The summed E-state index contributed by atoms with van der Waals surface area (Å²) >= 11 is 0. The summed E-state index contributed by atoms with van der Waals surface area (Å²) in [6, 6.07) is 11.8. The van der Waals surface area contributed by atoms with Gasteiger partial charge >= 0.3 is 0 Å². The van der Waals surface area contributed by atoms with Gasteiger partial charge in [-0.2, -0.15) is 5.26 Å². The lowest BCUT2D eigenvalue weighted by Crippen LogP contribution is -2.50. The molecule has 2 rings (SSSR count). The third-order valence-electron chi connectivity index (χ3n) is 3.92. The molecule has 1 saturated carbocycles. The SMILES string of the molecule is CN(CCOc1ccccc1)CC(=O)N[C@@](C)(C#N)C1CC1. The van der Waals surface area contributed by atoms with Crippen LogP contribution in [0.2, 0.25) is 0 Å². The molecule has 1 aromatic rings. The summed E-state index contributed by atoms with van der Waals surface area (Å²) in [4.78, 5) is 13.9. The van der Waals surface area contributed by atoms with E-state index >= 15 is 0 Å². The number of nitrogens with one attached hydrogen (secondary N) is 1. The summed E-state index contributed by atoms with van der Waals surface area (Å²) in [5.74, 6) is 1.01. The van der Waals surface area contributed by atoms with Crippen LogP contribution >= 0.6 is 0 Å². The lowest BCUT2D eigenvalue weighted by atomic mass is 9.98. The van der Waals surface area contributed by atoms with Crippen LogP contribution in [0.15, 0.2) is 30.3 Å². The molecule has 1 amide bonds. The van der Waals surface area contributed by atoms with Gasteiger partial charge < -0.3 is 10.1 Å². The van der Waals surface area contributed by atoms with Gasteiger partial charge in [0.1, 0.15) is 17.9 Å². The Labute approximate surface area is 131 Å². The van der Waals surface area contributed by atoms with Crippen LogP contribution in [0.5, 0.6) is 5.75 Å². The predicted molar refractivity (Wildman–Crippen MR) is 84.3 cm³/mol. The molecule has 0 heterocycles. The van der Waals surface area contributed by atoms with E-state index in [2.05, 4.69) is 11.4 Å². The normalized spacial score (nSPS) is 16.6. The molecule has 22 heavy (non-hydrogen) atoms. The van der Waals surface area contributed by atoms with E-state index < -0.39 is 5.54 Å². The molecule has 0 aromatic heterocycles. The summed E-state index contributed by atoms with van der Waals surface area (Å²) < 4.78 is 5.60. The van der Waals surface area contributed by atoms with Crippen molar-refractivity contribution in [3.63, 3.8) is 0 Å². The summed E-state index contributed by atoms with van der Waals surface area (Å²) in [5, 5.41) is 12.1. The first-order chi connectivity index (χ1) is 10.5. The van der Waals surface area contributed by atoms with E-state index in [1.165, 1.54) is 0 Å². The zero-order valence-corrected chi connectivity index (χ0v) is 13.2. The van der Waals surface area contributed by atoms with Crippen molar-refractivity contribution in [2.75, 3.05) is 26.7 Å². The quantitative estimate of drug-likeness (QED) is 0.795. The molecule has 0 aliphatic heterocycles. The number of nitriles is 1. The third kappa shape index (κ3) is 4.74. The fourth-order valence-electron chi connectivity index (χ4n) is 2.37. The van der Waals surface area contributed by atoms with Crippen molar-refractivity contribution >= 4 is 5.91 Å². The van der Waals surface area contributed by atoms with Gasteiger partial charge in [0.05, 0.1) is 12.6 Å². The lowest BCUT2D eigenvalue weighted by Gasteiger charge is -2.24. The molecule has 0 saturated heterocycles. The maximum Gasteiger partial charge on any atom is 0.235 e. The van der Waals surface area contributed by atoms with Crippen LogP contribution in [0, 0.1) is 17.2 Å². The van der Waals surface area contributed by atoms with Gasteiger partial charge in [0.25, 0.3) is 0 Å². The van der Waals surface area contributed by atoms with Crippen molar-refractivity contribution in [1.29, 1.82) is 5.26 Å². The van der Waals surface area contributed by atoms with Crippen molar-refractivity contribution in [3.05, 3.63) is 30.3 Å². The summed E-state index contributed by atoms with van der Waals surface area (Å²) in [5.41, 5.74) is -0.724. The van der Waals surface area contributed by atoms with Gasteiger partial charge in [-0.3, -0.25) is 9.69 Å². The first-order valence-electron chi connectivity index (χ1n) is 7.62. The average Bonchev–Trinajstić information content (AvgIpc) is 3.33. The van der Waals surface area contributed by atoms with Crippen LogP contribution in [0.1, 0.15) is 19.8 Å². The number of amides is 1. The summed E-state index contributed by atoms with van der Waals surface area (Å²) in [6.07, 6.45) is 2.04. The number of likely N-dealkylation sites (N-methyl/N-ethyl adjacent to an activating group) is 1. The molecular weight excluding hydrogens is 278 g/mol. The van der Waals surface area contributed by atoms with E-state index in [9.17, 15) is 10.1 Å². The van der Waals surface area contributed by atoms with E-state index in [4.69, 9.17) is 4.74 Å². The van der Waals surface area contributed by atoms with Crippen LogP contribution in [-0.2, 0) is 4.79 Å². The van der Waals surface area contributed by atoms with Crippen LogP contribution in [0.4, 0.5) is 0 Å². The molecule has 1 aliphatic rings. The van der Waals surface area contributed by atoms with E-state index in [-0.39, 0.29) is 12.5 Å². The minimum Gasteiger partial charge on any atom is -0.492 e. The molecule has 5 nitrogen and oxygen atoms in total. The fraction of sp³-hybridized carbons (Fsp3) is 0.529. The zero-order chi connectivity index (χ0) is 16.0. The third-order valence-corrected chi connectivity index (χ3v) is 3.92. The smallest absolute Gasteiger partial charge is 0.235 e. The Hall–Kier alpha value is -2.06. The molecule has 118 valence electrons. The summed E-state index contributed by atoms with van der Waals surface area (Å²) in [7, 11) is 1.87. The highest BCUT2D eigenvalue weighted by atomic mass is 16.5. The van der Waals surface area contributed by atoms with Crippen molar-refractivity contribution < 1.29 is 9.53 Å². The molecule has 0 spiro atoms. The van der Waals surface area contributed by atoms with E-state index in [0.29, 0.717) is 19.1 Å². The molecule has 1 atom stereocenters. The Bertz CT molecular complexity index is 537. The second-order valence-corrected chi connectivity index (χ2v) is 6.04. The van der Waals surface area contributed by atoms with Crippen molar-refractivity contribution in [2.24, 2.45) is 5.92 Å². The predicted octanol–water partition coefficient (Wildman–Crippen LogP) is 1.81. The maximum absolute atomic E-state index is 12.0. The molecule has 1 N–H and O–H groups in total. The number of ether oxygens (including phenoxy) is 1. The zero-order valence-electron chi connectivity index (χ0n) is 13.2. The first-order valence-corrected chi connectivity index (χ1v) is 7.62. The van der Waals surface area contributed by atoms with Crippen molar-refractivity contribution in [3.8, 4) is 11.8 Å². The topological polar surface area (TPSA) is 65.4 Å². The molecule has 0 unspecified atom stereocenters. The second kappa shape index (κ2) is 7.28. The van der Waals surface area contributed by atoms with Gasteiger partial charge in [-0.05, 0) is 44.9 Å². The number of hydrogen-bond donors (Lipinski definition) is 1. The van der Waals surface area contributed by atoms with Gasteiger partial charge in [-0.25, -0.2) is 0 Å². The largest absolute Gasteiger partial charge is 0.492 e. The summed E-state index contributed by atoms with van der Waals surface area (Å²) in [6.45, 7) is 3.24. The van der Waals surface area contributed by atoms with Crippen LogP contribution in [-0.4, -0.2) is 43.1 Å². The van der Waals surface area contributed by atoms with Crippen molar-refractivity contribution in [1.82, 2.24) is 10.2 Å². The molecule has 5 heteroatoms.